The second-order valence-electron chi connectivity index (χ2n) is 5.31. The molecule has 1 atom stereocenters. The summed E-state index contributed by atoms with van der Waals surface area (Å²) in [6.07, 6.45) is 0.846. The molecule has 0 fully saturated rings. The van der Waals surface area contributed by atoms with E-state index in [2.05, 4.69) is 24.0 Å². The van der Waals surface area contributed by atoms with Gasteiger partial charge in [-0.15, -0.1) is 11.8 Å². The molecule has 116 valence electrons. The van der Waals surface area contributed by atoms with Crippen LogP contribution >= 0.6 is 11.8 Å². The first-order valence-corrected chi connectivity index (χ1v) is 9.52. The monoisotopic (exact) mass is 334 g/mol. The molecule has 4 nitrogen and oxygen atoms in total. The van der Waals surface area contributed by atoms with Gasteiger partial charge in [0.05, 0.1) is 10.3 Å². The van der Waals surface area contributed by atoms with Crippen molar-refractivity contribution in [1.82, 2.24) is 0 Å². The second-order valence-corrected chi connectivity index (χ2v) is 8.26. The Hall–Kier alpha value is -1.50. The van der Waals surface area contributed by atoms with Gasteiger partial charge in [0.1, 0.15) is 0 Å². The highest BCUT2D eigenvalue weighted by Gasteiger charge is 2.25. The van der Waals surface area contributed by atoms with Gasteiger partial charge in [0.25, 0.3) is 0 Å². The number of hydrogen-bond donors (Lipinski definition) is 1. The van der Waals surface area contributed by atoms with Gasteiger partial charge in [-0.1, -0.05) is 18.2 Å². The van der Waals surface area contributed by atoms with Gasteiger partial charge in [0, 0.05) is 17.1 Å². The number of benzene rings is 2. The molecule has 0 saturated carbocycles. The van der Waals surface area contributed by atoms with Gasteiger partial charge >= 0.3 is 0 Å². The third-order valence-electron chi connectivity index (χ3n) is 3.80. The zero-order chi connectivity index (χ0) is 15.7. The smallest absolute Gasteiger partial charge is 0.238 e. The highest BCUT2D eigenvalue weighted by molar-refractivity contribution is 8.00. The van der Waals surface area contributed by atoms with E-state index < -0.39 is 10.0 Å². The Bertz CT molecular complexity index is 776. The summed E-state index contributed by atoms with van der Waals surface area (Å²) in [7, 11) is -3.63. The van der Waals surface area contributed by atoms with Crippen LogP contribution in [0.1, 0.15) is 12.5 Å². The lowest BCUT2D eigenvalue weighted by Gasteiger charge is -2.27. The van der Waals surface area contributed by atoms with E-state index in [0.29, 0.717) is 0 Å². The lowest BCUT2D eigenvalue weighted by Crippen LogP contribution is -2.28. The average molecular weight is 334 g/mol. The maximum absolute atomic E-state index is 11.4. The van der Waals surface area contributed by atoms with Crippen molar-refractivity contribution in [1.29, 1.82) is 0 Å². The summed E-state index contributed by atoms with van der Waals surface area (Å²) < 4.78 is 22.9. The second kappa shape index (κ2) is 5.95. The molecule has 1 unspecified atom stereocenters. The van der Waals surface area contributed by atoms with Crippen molar-refractivity contribution in [2.75, 3.05) is 11.4 Å². The van der Waals surface area contributed by atoms with E-state index >= 15 is 0 Å². The molecule has 1 aliphatic heterocycles. The van der Waals surface area contributed by atoms with Crippen LogP contribution in [-0.2, 0) is 16.4 Å². The first-order chi connectivity index (χ1) is 10.4. The van der Waals surface area contributed by atoms with E-state index in [1.54, 1.807) is 23.9 Å². The summed E-state index contributed by atoms with van der Waals surface area (Å²) >= 11 is 1.80. The average Bonchev–Trinajstić information content (AvgIpc) is 2.90. The van der Waals surface area contributed by atoms with Crippen molar-refractivity contribution >= 4 is 27.5 Å². The van der Waals surface area contributed by atoms with Crippen molar-refractivity contribution in [3.8, 4) is 0 Å². The number of hydrogen-bond acceptors (Lipinski definition) is 4. The molecule has 1 aliphatic rings. The number of fused-ring (bicyclic) bond motifs is 1. The predicted molar refractivity (Wildman–Crippen MR) is 90.6 cm³/mol. The fourth-order valence-electron chi connectivity index (χ4n) is 2.72. The minimum atomic E-state index is -3.63. The molecule has 2 aromatic carbocycles. The standard InChI is InChI=1S/C16H18N2O2S2/c1-12(21-14-5-3-2-4-6-14)18-10-9-13-11-15(22(17,19)20)7-8-16(13)18/h2-8,11-12H,9-10H2,1H3,(H2,17,19,20). The molecule has 0 radical (unpaired) electrons. The Balaban J connectivity index is 1.82. The maximum Gasteiger partial charge on any atom is 0.238 e. The normalized spacial score (nSPS) is 15.6. The Labute approximate surface area is 135 Å². The first-order valence-electron chi connectivity index (χ1n) is 7.09. The van der Waals surface area contributed by atoms with E-state index in [0.717, 1.165) is 24.2 Å². The van der Waals surface area contributed by atoms with Gasteiger partial charge in [-0.05, 0) is 49.2 Å². The van der Waals surface area contributed by atoms with Crippen molar-refractivity contribution in [2.45, 2.75) is 28.5 Å². The molecule has 1 heterocycles. The molecule has 0 aliphatic carbocycles. The SMILES string of the molecule is CC(Sc1ccccc1)N1CCc2cc(S(N)(=O)=O)ccc21. The molecule has 2 N–H and O–H groups in total. The number of sulfonamides is 1. The highest BCUT2D eigenvalue weighted by Crippen LogP contribution is 2.36. The van der Waals surface area contributed by atoms with E-state index in [1.807, 2.05) is 24.3 Å². The lowest BCUT2D eigenvalue weighted by atomic mass is 10.2. The molecular formula is C16H18N2O2S2. The molecule has 0 saturated heterocycles. The number of anilines is 1. The molecule has 0 bridgehead atoms. The van der Waals surface area contributed by atoms with Crippen molar-refractivity contribution in [2.24, 2.45) is 5.14 Å². The molecule has 0 aromatic heterocycles. The van der Waals surface area contributed by atoms with Crippen LogP contribution in [0.3, 0.4) is 0 Å². The van der Waals surface area contributed by atoms with Crippen molar-refractivity contribution in [3.63, 3.8) is 0 Å². The Kier molecular flexibility index (Phi) is 4.16. The molecule has 2 aromatic rings. The van der Waals surface area contributed by atoms with E-state index in [4.69, 9.17) is 5.14 Å². The molecule has 0 spiro atoms. The van der Waals surface area contributed by atoms with Crippen LogP contribution < -0.4 is 10.0 Å². The van der Waals surface area contributed by atoms with Crippen LogP contribution in [0.15, 0.2) is 58.3 Å². The number of rotatable bonds is 4. The number of primary sulfonamides is 1. The van der Waals surface area contributed by atoms with Gasteiger partial charge in [-0.3, -0.25) is 0 Å². The summed E-state index contributed by atoms with van der Waals surface area (Å²) in [5.41, 5.74) is 2.15. The van der Waals surface area contributed by atoms with Crippen LogP contribution in [0.4, 0.5) is 5.69 Å². The summed E-state index contributed by atoms with van der Waals surface area (Å²) in [6, 6.07) is 15.4. The van der Waals surface area contributed by atoms with Crippen LogP contribution in [0.5, 0.6) is 0 Å². The topological polar surface area (TPSA) is 63.4 Å². The van der Waals surface area contributed by atoms with Gasteiger partial charge < -0.3 is 4.90 Å². The quantitative estimate of drug-likeness (QED) is 0.873. The fraction of sp³-hybridized carbons (Fsp3) is 0.250. The predicted octanol–water partition coefficient (Wildman–Crippen LogP) is 2.83. The largest absolute Gasteiger partial charge is 0.359 e. The van der Waals surface area contributed by atoms with Crippen LogP contribution in [0.2, 0.25) is 0 Å². The Morgan fingerprint density at radius 1 is 1.18 bits per heavy atom. The maximum atomic E-state index is 11.4. The summed E-state index contributed by atoms with van der Waals surface area (Å²) in [5, 5.41) is 5.48. The van der Waals surface area contributed by atoms with E-state index in [1.165, 1.54) is 4.90 Å². The third kappa shape index (κ3) is 3.14. The van der Waals surface area contributed by atoms with Gasteiger partial charge in [-0.25, -0.2) is 13.6 Å². The van der Waals surface area contributed by atoms with Gasteiger partial charge in [0.15, 0.2) is 0 Å². The molecule has 0 amide bonds. The summed E-state index contributed by atoms with van der Waals surface area (Å²) in [6.45, 7) is 3.06. The zero-order valence-electron chi connectivity index (χ0n) is 12.3. The number of nitrogens with two attached hydrogens (primary N) is 1. The number of nitrogens with zero attached hydrogens (tertiary/aromatic N) is 1. The summed E-state index contributed by atoms with van der Waals surface area (Å²) in [5.74, 6) is 0. The molecule has 3 rings (SSSR count). The Morgan fingerprint density at radius 3 is 2.59 bits per heavy atom. The zero-order valence-corrected chi connectivity index (χ0v) is 13.9. The first kappa shape index (κ1) is 15.4. The van der Waals surface area contributed by atoms with Crippen LogP contribution in [0, 0.1) is 0 Å². The van der Waals surface area contributed by atoms with Crippen molar-refractivity contribution in [3.05, 3.63) is 54.1 Å². The van der Waals surface area contributed by atoms with Crippen molar-refractivity contribution < 1.29 is 8.42 Å². The van der Waals surface area contributed by atoms with Crippen LogP contribution in [-0.4, -0.2) is 20.3 Å². The lowest BCUT2D eigenvalue weighted by molar-refractivity contribution is 0.597. The minimum absolute atomic E-state index is 0.191. The minimum Gasteiger partial charge on any atom is -0.359 e. The third-order valence-corrected chi connectivity index (χ3v) is 5.85. The van der Waals surface area contributed by atoms with Gasteiger partial charge in [0.2, 0.25) is 10.0 Å². The Morgan fingerprint density at radius 2 is 1.91 bits per heavy atom. The van der Waals surface area contributed by atoms with Gasteiger partial charge in [-0.2, -0.15) is 0 Å². The fourth-order valence-corrected chi connectivity index (χ4v) is 4.34. The molecular weight excluding hydrogens is 316 g/mol. The molecule has 6 heteroatoms. The van der Waals surface area contributed by atoms with Crippen LogP contribution in [0.25, 0.3) is 0 Å². The van der Waals surface area contributed by atoms with E-state index in [9.17, 15) is 8.42 Å². The van der Waals surface area contributed by atoms with E-state index in [-0.39, 0.29) is 10.3 Å². The highest BCUT2D eigenvalue weighted by atomic mass is 32.2. The molecule has 22 heavy (non-hydrogen) atoms. The summed E-state index contributed by atoms with van der Waals surface area (Å²) in [4.78, 5) is 3.72. The number of thioether (sulfide) groups is 1.